The monoisotopic (exact) mass is 332 g/mol. The molecule has 24 heavy (non-hydrogen) atoms. The van der Waals surface area contributed by atoms with Gasteiger partial charge >= 0.3 is 0 Å². The van der Waals surface area contributed by atoms with Gasteiger partial charge in [0.05, 0.1) is 18.9 Å². The highest BCUT2D eigenvalue weighted by Gasteiger charge is 2.45. The van der Waals surface area contributed by atoms with E-state index in [9.17, 15) is 9.59 Å². The van der Waals surface area contributed by atoms with Gasteiger partial charge in [-0.2, -0.15) is 0 Å². The lowest BCUT2D eigenvalue weighted by Gasteiger charge is -2.53. The van der Waals surface area contributed by atoms with Crippen LogP contribution in [0.25, 0.3) is 0 Å². The number of carbonyl (C=O) groups is 2. The Morgan fingerprint density at radius 3 is 2.29 bits per heavy atom. The molecule has 0 N–H and O–H groups in total. The summed E-state index contributed by atoms with van der Waals surface area (Å²) >= 11 is 0. The molecule has 1 aromatic heterocycles. The number of ketones is 2. The van der Waals surface area contributed by atoms with Crippen LogP contribution in [0.3, 0.4) is 0 Å². The fourth-order valence-electron chi connectivity index (χ4n) is 3.56. The van der Waals surface area contributed by atoms with E-state index in [1.54, 1.807) is 19.3 Å². The third kappa shape index (κ3) is 3.90. The maximum Gasteiger partial charge on any atom is 0.225 e. The van der Waals surface area contributed by atoms with Gasteiger partial charge in [0.2, 0.25) is 5.95 Å². The molecule has 0 bridgehead atoms. The maximum atomic E-state index is 11.2. The van der Waals surface area contributed by atoms with Crippen molar-refractivity contribution in [1.82, 2.24) is 14.9 Å². The van der Waals surface area contributed by atoms with Crippen molar-refractivity contribution < 1.29 is 14.3 Å². The Morgan fingerprint density at radius 2 is 1.75 bits per heavy atom. The average molecular weight is 332 g/mol. The van der Waals surface area contributed by atoms with Gasteiger partial charge in [-0.05, 0) is 32.1 Å². The van der Waals surface area contributed by atoms with Gasteiger partial charge in [0.15, 0.2) is 11.5 Å². The van der Waals surface area contributed by atoms with Crippen LogP contribution in [0.2, 0.25) is 0 Å². The largest absolute Gasteiger partial charge is 0.483 e. The zero-order valence-corrected chi connectivity index (χ0v) is 14.3. The fourth-order valence-corrected chi connectivity index (χ4v) is 3.56. The average Bonchev–Trinajstić information content (AvgIpc) is 2.52. The highest BCUT2D eigenvalue weighted by atomic mass is 16.5. The second-order valence-electron chi connectivity index (χ2n) is 7.04. The number of ether oxygens (including phenoxy) is 1. The molecule has 2 fully saturated rings. The van der Waals surface area contributed by atoms with E-state index in [2.05, 4.69) is 19.8 Å². The van der Waals surface area contributed by atoms with Crippen LogP contribution < -0.4 is 9.64 Å². The lowest BCUT2D eigenvalue weighted by molar-refractivity contribution is -0.122. The summed E-state index contributed by atoms with van der Waals surface area (Å²) in [7, 11) is 0. The van der Waals surface area contributed by atoms with Gasteiger partial charge in [-0.3, -0.25) is 14.5 Å². The molecule has 3 heterocycles. The van der Waals surface area contributed by atoms with Crippen molar-refractivity contribution in [2.24, 2.45) is 5.41 Å². The summed E-state index contributed by atoms with van der Waals surface area (Å²) in [5.41, 5.74) is 0.372. The number of hydrogen-bond donors (Lipinski definition) is 0. The topological polar surface area (TPSA) is 75.6 Å². The number of hydrogen-bond acceptors (Lipinski definition) is 7. The number of carbonyl (C=O) groups excluding carboxylic acids is 2. The molecular formula is C17H24N4O3. The van der Waals surface area contributed by atoms with Crippen molar-refractivity contribution in [3.8, 4) is 5.75 Å². The molecule has 0 aliphatic carbocycles. The summed E-state index contributed by atoms with van der Waals surface area (Å²) in [4.78, 5) is 35.2. The molecule has 0 radical (unpaired) electrons. The molecule has 1 aromatic rings. The summed E-state index contributed by atoms with van der Waals surface area (Å²) in [5, 5.41) is 0. The van der Waals surface area contributed by atoms with Crippen LogP contribution in [-0.2, 0) is 9.59 Å². The number of Topliss-reactive ketones (excluding diaryl/α,β-unsaturated/α-hetero) is 2. The van der Waals surface area contributed by atoms with Gasteiger partial charge < -0.3 is 9.64 Å². The second-order valence-corrected chi connectivity index (χ2v) is 7.04. The van der Waals surface area contributed by atoms with Crippen molar-refractivity contribution >= 4 is 17.5 Å². The van der Waals surface area contributed by atoms with Gasteiger partial charge in [0.1, 0.15) is 12.4 Å². The lowest BCUT2D eigenvalue weighted by atomic mass is 9.72. The minimum atomic E-state index is -0.0280. The van der Waals surface area contributed by atoms with Crippen LogP contribution in [0.1, 0.15) is 26.7 Å². The van der Waals surface area contributed by atoms with Crippen molar-refractivity contribution in [1.29, 1.82) is 0 Å². The number of aromatic nitrogens is 2. The third-order valence-electron chi connectivity index (χ3n) is 4.73. The quantitative estimate of drug-likeness (QED) is 0.767. The highest BCUT2D eigenvalue weighted by Crippen LogP contribution is 2.40. The molecule has 130 valence electrons. The fraction of sp³-hybridized carbons (Fsp3) is 0.647. The molecule has 1 spiro atoms. The predicted octanol–water partition coefficient (Wildman–Crippen LogP) is 0.936. The Labute approximate surface area is 142 Å². The molecule has 0 aromatic carbocycles. The molecule has 2 saturated heterocycles. The Kier molecular flexibility index (Phi) is 4.80. The summed E-state index contributed by atoms with van der Waals surface area (Å²) in [5.74, 6) is 1.43. The molecule has 2 aliphatic rings. The first kappa shape index (κ1) is 16.8. The first-order valence-electron chi connectivity index (χ1n) is 8.37. The van der Waals surface area contributed by atoms with Crippen molar-refractivity contribution in [2.75, 3.05) is 44.2 Å². The summed E-state index contributed by atoms with van der Waals surface area (Å²) < 4.78 is 5.29. The van der Waals surface area contributed by atoms with Gasteiger partial charge in [0.25, 0.3) is 0 Å². The van der Waals surface area contributed by atoms with Crippen molar-refractivity contribution in [2.45, 2.75) is 26.7 Å². The zero-order chi connectivity index (χ0) is 17.2. The Bertz CT molecular complexity index is 601. The van der Waals surface area contributed by atoms with Gasteiger partial charge in [-0.1, -0.05) is 0 Å². The molecule has 7 nitrogen and oxygen atoms in total. The van der Waals surface area contributed by atoms with E-state index in [0.717, 1.165) is 39.0 Å². The van der Waals surface area contributed by atoms with Crippen LogP contribution in [0.5, 0.6) is 5.75 Å². The smallest absolute Gasteiger partial charge is 0.225 e. The Balaban J connectivity index is 1.48. The highest BCUT2D eigenvalue weighted by molar-refractivity contribution is 5.77. The number of nitrogens with zero attached hydrogens (tertiary/aromatic N) is 4. The predicted molar refractivity (Wildman–Crippen MR) is 89.2 cm³/mol. The first-order chi connectivity index (χ1) is 11.5. The molecule has 2 aliphatic heterocycles. The minimum absolute atomic E-state index is 0.0280. The first-order valence-corrected chi connectivity index (χ1v) is 8.37. The van der Waals surface area contributed by atoms with Gasteiger partial charge in [-0.25, -0.2) is 9.97 Å². The maximum absolute atomic E-state index is 11.2. The minimum Gasteiger partial charge on any atom is -0.483 e. The van der Waals surface area contributed by atoms with E-state index in [0.29, 0.717) is 23.7 Å². The summed E-state index contributed by atoms with van der Waals surface area (Å²) in [6.07, 6.45) is 5.45. The van der Waals surface area contributed by atoms with Crippen LogP contribution in [0.15, 0.2) is 12.4 Å². The molecule has 0 atom stereocenters. The number of anilines is 1. The molecule has 0 saturated carbocycles. The van der Waals surface area contributed by atoms with Crippen LogP contribution >= 0.6 is 0 Å². The standard InChI is InChI=1S/C17H24N4O3/c1-13(22)9-20-11-17(12-20)3-5-21(6-4-17)16-18-7-15(8-19-16)24-10-14(2)23/h7-8H,3-6,9-12H2,1-2H3. The van der Waals surface area contributed by atoms with E-state index in [4.69, 9.17) is 4.74 Å². The number of rotatable bonds is 6. The second kappa shape index (κ2) is 6.84. The Hall–Kier alpha value is -2.02. The van der Waals surface area contributed by atoms with Crippen LogP contribution in [0.4, 0.5) is 5.95 Å². The number of likely N-dealkylation sites (tertiary alicyclic amines) is 1. The van der Waals surface area contributed by atoms with Gasteiger partial charge in [-0.15, -0.1) is 0 Å². The molecule has 0 unspecified atom stereocenters. The third-order valence-corrected chi connectivity index (χ3v) is 4.73. The van der Waals surface area contributed by atoms with E-state index in [1.165, 1.54) is 6.92 Å². The van der Waals surface area contributed by atoms with Crippen LogP contribution in [0, 0.1) is 5.41 Å². The zero-order valence-electron chi connectivity index (χ0n) is 14.3. The normalized spacial score (nSPS) is 19.8. The molecule has 3 rings (SSSR count). The van der Waals surface area contributed by atoms with E-state index in [-0.39, 0.29) is 18.2 Å². The SMILES string of the molecule is CC(=O)COc1cnc(N2CCC3(CC2)CN(CC(C)=O)C3)nc1. The summed E-state index contributed by atoms with van der Waals surface area (Å²) in [6, 6.07) is 0. The molecule has 0 amide bonds. The van der Waals surface area contributed by atoms with E-state index in [1.807, 2.05) is 0 Å². The number of piperidine rings is 1. The summed E-state index contributed by atoms with van der Waals surface area (Å²) in [6.45, 7) is 7.68. The lowest BCUT2D eigenvalue weighted by Crippen LogP contribution is -2.61. The van der Waals surface area contributed by atoms with Gasteiger partial charge in [0, 0.05) is 26.2 Å². The van der Waals surface area contributed by atoms with Crippen molar-refractivity contribution in [3.63, 3.8) is 0 Å². The van der Waals surface area contributed by atoms with E-state index < -0.39 is 0 Å². The molecule has 7 heteroatoms. The van der Waals surface area contributed by atoms with Crippen molar-refractivity contribution in [3.05, 3.63) is 12.4 Å². The Morgan fingerprint density at radius 1 is 1.12 bits per heavy atom. The van der Waals surface area contributed by atoms with E-state index >= 15 is 0 Å². The molecular weight excluding hydrogens is 308 g/mol. The van der Waals surface area contributed by atoms with Crippen LogP contribution in [-0.4, -0.2) is 65.8 Å².